The third-order valence-corrected chi connectivity index (χ3v) is 13.5. The maximum Gasteiger partial charge on any atom is 0.312 e. The highest BCUT2D eigenvalue weighted by Crippen LogP contribution is 2.75. The summed E-state index contributed by atoms with van der Waals surface area (Å²) < 4.78 is 11.4. The largest absolute Gasteiger partial charge is 0.469 e. The molecule has 0 radical (unpaired) electrons. The molecule has 0 bridgehead atoms. The lowest BCUT2D eigenvalue weighted by molar-refractivity contribution is -0.191. The van der Waals surface area contributed by atoms with Crippen molar-refractivity contribution in [2.24, 2.45) is 44.8 Å². The summed E-state index contributed by atoms with van der Waals surface area (Å²) in [5.74, 6) is 1.52. The summed E-state index contributed by atoms with van der Waals surface area (Å²) >= 11 is 0. The van der Waals surface area contributed by atoms with Crippen LogP contribution >= 0.6 is 0 Å². The lowest BCUT2D eigenvalue weighted by Crippen LogP contribution is -2.66. The van der Waals surface area contributed by atoms with Crippen molar-refractivity contribution in [3.63, 3.8) is 0 Å². The van der Waals surface area contributed by atoms with E-state index in [1.54, 1.807) is 0 Å². The van der Waals surface area contributed by atoms with Gasteiger partial charge in [0.25, 0.3) is 0 Å². The molecule has 1 aromatic heterocycles. The van der Waals surface area contributed by atoms with Gasteiger partial charge in [-0.25, -0.2) is 0 Å². The number of ether oxygens (including phenoxy) is 1. The Hall–Kier alpha value is -1.91. The summed E-state index contributed by atoms with van der Waals surface area (Å²) in [5, 5.41) is 4.24. The highest BCUT2D eigenvalue weighted by Gasteiger charge is 2.71. The molecule has 0 spiro atoms. The Morgan fingerprint density at radius 2 is 1.79 bits per heavy atom. The Morgan fingerprint density at radius 1 is 1.08 bits per heavy atom. The van der Waals surface area contributed by atoms with Gasteiger partial charge in [0.1, 0.15) is 5.76 Å². The van der Waals surface area contributed by atoms with Crippen LogP contribution in [0.15, 0.2) is 22.4 Å². The molecule has 3 saturated carbocycles. The van der Waals surface area contributed by atoms with Crippen molar-refractivity contribution in [3.05, 3.63) is 29.2 Å². The zero-order valence-corrected chi connectivity index (χ0v) is 24.8. The van der Waals surface area contributed by atoms with E-state index in [2.05, 4.69) is 59.7 Å². The molecular weight excluding hydrogens is 474 g/mol. The fourth-order valence-corrected chi connectivity index (χ4v) is 11.1. The number of allylic oxidation sites excluding steroid dienone is 2. The minimum absolute atomic E-state index is 0.0297. The first-order chi connectivity index (χ1) is 17.7. The number of fused-ring (bicyclic) bond motifs is 8. The minimum atomic E-state index is -0.532. The predicted molar refractivity (Wildman–Crippen MR) is 146 cm³/mol. The van der Waals surface area contributed by atoms with Gasteiger partial charge in [-0.05, 0) is 97.4 Å². The first kappa shape index (κ1) is 26.3. The second kappa shape index (κ2) is 7.85. The third-order valence-electron chi connectivity index (χ3n) is 13.5. The molecule has 3 fully saturated rings. The van der Waals surface area contributed by atoms with Gasteiger partial charge in [-0.15, -0.1) is 0 Å². The zero-order valence-electron chi connectivity index (χ0n) is 24.8. The van der Waals surface area contributed by atoms with Gasteiger partial charge in [-0.1, -0.05) is 59.2 Å². The highest BCUT2D eigenvalue weighted by molar-refractivity contribution is 5.96. The van der Waals surface area contributed by atoms with Crippen LogP contribution in [0, 0.1) is 44.8 Å². The summed E-state index contributed by atoms with van der Waals surface area (Å²) in [4.78, 5) is 28.0. The molecule has 6 rings (SSSR count). The number of methoxy groups -OCH3 is 1. The number of carbonyl (C=O) groups is 2. The van der Waals surface area contributed by atoms with E-state index < -0.39 is 5.41 Å². The van der Waals surface area contributed by atoms with Gasteiger partial charge in [-0.2, -0.15) is 0 Å². The van der Waals surface area contributed by atoms with E-state index in [-0.39, 0.29) is 50.7 Å². The molecule has 2 unspecified atom stereocenters. The first-order valence-corrected chi connectivity index (χ1v) is 15.0. The SMILES string of the molecule is CC[C@]1(C)c2oncc2C[C@]2(C)C3=CC(=O)C4C5CC(C)(C)CC[C@]5(C(=O)OC)CC[C@@]4(C)[C@]3(C)CC[C@H]21. The molecule has 5 aliphatic rings. The van der Waals surface area contributed by atoms with Crippen molar-refractivity contribution >= 4 is 11.8 Å². The van der Waals surface area contributed by atoms with Crippen LogP contribution in [-0.4, -0.2) is 24.0 Å². The third kappa shape index (κ3) is 2.97. The average Bonchev–Trinajstić information content (AvgIpc) is 3.33. The van der Waals surface area contributed by atoms with E-state index >= 15 is 0 Å². The van der Waals surface area contributed by atoms with Gasteiger partial charge in [0.2, 0.25) is 0 Å². The predicted octanol–water partition coefficient (Wildman–Crippen LogP) is 7.23. The second-order valence-corrected chi connectivity index (χ2v) is 15.4. The van der Waals surface area contributed by atoms with E-state index in [4.69, 9.17) is 9.26 Å². The van der Waals surface area contributed by atoms with E-state index in [1.165, 1.54) is 18.2 Å². The number of nitrogens with zero attached hydrogens (tertiary/aromatic N) is 1. The molecule has 0 amide bonds. The Morgan fingerprint density at radius 3 is 2.47 bits per heavy atom. The van der Waals surface area contributed by atoms with Crippen LogP contribution in [0.3, 0.4) is 0 Å². The van der Waals surface area contributed by atoms with Gasteiger partial charge >= 0.3 is 5.97 Å². The van der Waals surface area contributed by atoms with E-state index in [1.807, 2.05) is 6.20 Å². The van der Waals surface area contributed by atoms with Crippen molar-refractivity contribution in [1.29, 1.82) is 0 Å². The Bertz CT molecular complexity index is 1230. The van der Waals surface area contributed by atoms with E-state index in [0.29, 0.717) is 5.92 Å². The Balaban J connectivity index is 1.51. The molecule has 5 nitrogen and oxygen atoms in total. The number of rotatable bonds is 2. The first-order valence-electron chi connectivity index (χ1n) is 15.0. The molecule has 5 aliphatic carbocycles. The Labute approximate surface area is 228 Å². The van der Waals surface area contributed by atoms with Crippen LogP contribution in [0.25, 0.3) is 0 Å². The van der Waals surface area contributed by atoms with Gasteiger partial charge in [0.05, 0.1) is 18.7 Å². The maximum absolute atomic E-state index is 14.5. The zero-order chi connectivity index (χ0) is 27.5. The molecule has 208 valence electrons. The number of ketones is 1. The Kier molecular flexibility index (Phi) is 5.43. The number of hydrogen-bond acceptors (Lipinski definition) is 5. The van der Waals surface area contributed by atoms with Crippen LogP contribution in [-0.2, 0) is 26.2 Å². The monoisotopic (exact) mass is 521 g/mol. The lowest BCUT2D eigenvalue weighted by atomic mass is 9.34. The molecule has 0 saturated heterocycles. The molecule has 8 atom stereocenters. The van der Waals surface area contributed by atoms with Crippen LogP contribution in [0.5, 0.6) is 0 Å². The van der Waals surface area contributed by atoms with Gasteiger partial charge in [-0.3, -0.25) is 9.59 Å². The fraction of sp³-hybridized carbons (Fsp3) is 0.788. The van der Waals surface area contributed by atoms with Gasteiger partial charge in [0.15, 0.2) is 5.78 Å². The van der Waals surface area contributed by atoms with Crippen molar-refractivity contribution in [2.75, 3.05) is 7.11 Å². The quantitative estimate of drug-likeness (QED) is 0.384. The molecule has 1 aromatic rings. The number of carbonyl (C=O) groups excluding carboxylic acids is 2. The number of hydrogen-bond donors (Lipinski definition) is 0. The molecular formula is C33H47NO4. The summed E-state index contributed by atoms with van der Waals surface area (Å²) in [6.45, 7) is 16.5. The van der Waals surface area contributed by atoms with Gasteiger partial charge in [0, 0.05) is 16.9 Å². The van der Waals surface area contributed by atoms with Crippen LogP contribution in [0.1, 0.15) is 111 Å². The second-order valence-electron chi connectivity index (χ2n) is 15.4. The average molecular weight is 522 g/mol. The molecule has 0 aromatic carbocycles. The summed E-state index contributed by atoms with van der Waals surface area (Å²) in [6.07, 6.45) is 12.5. The fourth-order valence-electron chi connectivity index (χ4n) is 11.1. The summed E-state index contributed by atoms with van der Waals surface area (Å²) in [7, 11) is 1.53. The van der Waals surface area contributed by atoms with Crippen LogP contribution < -0.4 is 0 Å². The maximum atomic E-state index is 14.5. The highest BCUT2D eigenvalue weighted by atomic mass is 16.5. The van der Waals surface area contributed by atoms with E-state index in [0.717, 1.165) is 63.5 Å². The van der Waals surface area contributed by atoms with Crippen LogP contribution in [0.2, 0.25) is 0 Å². The summed E-state index contributed by atoms with van der Waals surface area (Å²) in [6, 6.07) is 0. The minimum Gasteiger partial charge on any atom is -0.469 e. The number of esters is 1. The molecule has 0 N–H and O–H groups in total. The van der Waals surface area contributed by atoms with E-state index in [9.17, 15) is 9.59 Å². The molecule has 0 aliphatic heterocycles. The van der Waals surface area contributed by atoms with Crippen molar-refractivity contribution in [1.82, 2.24) is 5.16 Å². The molecule has 5 heteroatoms. The topological polar surface area (TPSA) is 69.4 Å². The van der Waals surface area contributed by atoms with Crippen molar-refractivity contribution in [2.45, 2.75) is 112 Å². The standard InChI is InChI=1S/C33H47NO4/c1-9-29(4)23-10-11-31(6)24(30(23,5)17-20-19-34-38-26(20)29)16-22(35)25-21-18-28(2,3)12-14-33(21,27(36)37-8)15-13-32(25,31)7/h16,19,21,23,25H,9-15,17-18H2,1-8H3/t21?,23-,25?,29-,30-,31+,32+,33-/m0/s1. The van der Waals surface area contributed by atoms with Crippen LogP contribution in [0.4, 0.5) is 0 Å². The lowest BCUT2D eigenvalue weighted by Gasteiger charge is -2.69. The molecule has 38 heavy (non-hydrogen) atoms. The van der Waals surface area contributed by atoms with Crippen molar-refractivity contribution in [3.8, 4) is 0 Å². The molecule has 1 heterocycles. The summed E-state index contributed by atoms with van der Waals surface area (Å²) in [5.41, 5.74) is 1.66. The smallest absolute Gasteiger partial charge is 0.312 e. The van der Waals surface area contributed by atoms with Crippen molar-refractivity contribution < 1.29 is 18.8 Å². The number of aromatic nitrogens is 1. The normalized spacial score (nSPS) is 47.0. The van der Waals surface area contributed by atoms with Gasteiger partial charge < -0.3 is 9.26 Å².